The SMILES string of the molecule is CC1(C)c2ccccc2-c2cc(N(c3ccc(-c4ccc5cc6oc7ccccc7c6cc5c4)cc3)c3cccc(-c4ccc5ccccc5c4)c3)ccc21. The van der Waals surface area contributed by atoms with Crippen molar-refractivity contribution < 1.29 is 4.42 Å². The molecule has 0 amide bonds. The van der Waals surface area contributed by atoms with E-state index in [0.717, 1.165) is 39.0 Å². The van der Waals surface area contributed by atoms with Gasteiger partial charge in [0.15, 0.2) is 0 Å². The minimum atomic E-state index is -0.0523. The van der Waals surface area contributed by atoms with Gasteiger partial charge in [-0.25, -0.2) is 0 Å². The molecular formula is C53H37NO. The number of hydrogen-bond acceptors (Lipinski definition) is 2. The lowest BCUT2D eigenvalue weighted by atomic mass is 9.82. The van der Waals surface area contributed by atoms with Crippen LogP contribution in [0.2, 0.25) is 0 Å². The van der Waals surface area contributed by atoms with Crippen LogP contribution in [0.5, 0.6) is 0 Å². The zero-order chi connectivity index (χ0) is 36.7. The van der Waals surface area contributed by atoms with Crippen molar-refractivity contribution in [1.29, 1.82) is 0 Å². The minimum absolute atomic E-state index is 0.0523. The Hall–Kier alpha value is -6.90. The first-order chi connectivity index (χ1) is 27.0. The number of rotatable bonds is 5. The van der Waals surface area contributed by atoms with Gasteiger partial charge in [0.1, 0.15) is 11.2 Å². The Morgan fingerprint density at radius 3 is 1.89 bits per heavy atom. The summed E-state index contributed by atoms with van der Waals surface area (Å²) in [5.74, 6) is 0. The Kier molecular flexibility index (Phi) is 6.93. The van der Waals surface area contributed by atoms with Crippen molar-refractivity contribution in [3.05, 3.63) is 199 Å². The van der Waals surface area contributed by atoms with Crippen LogP contribution in [0.25, 0.3) is 76.9 Å². The molecule has 0 aliphatic heterocycles. The fourth-order valence-corrected chi connectivity index (χ4v) is 8.94. The predicted molar refractivity (Wildman–Crippen MR) is 232 cm³/mol. The quantitative estimate of drug-likeness (QED) is 0.177. The lowest BCUT2D eigenvalue weighted by molar-refractivity contribution is 0.660. The first-order valence-electron chi connectivity index (χ1n) is 19.1. The van der Waals surface area contributed by atoms with E-state index in [0.29, 0.717) is 0 Å². The molecule has 9 aromatic carbocycles. The molecule has 11 rings (SSSR count). The summed E-state index contributed by atoms with van der Waals surface area (Å²) in [7, 11) is 0. The number of para-hydroxylation sites is 1. The summed E-state index contributed by atoms with van der Waals surface area (Å²) in [5, 5.41) is 7.17. The molecule has 1 aliphatic carbocycles. The van der Waals surface area contributed by atoms with Gasteiger partial charge >= 0.3 is 0 Å². The second-order valence-corrected chi connectivity index (χ2v) is 15.4. The van der Waals surface area contributed by atoms with Crippen molar-refractivity contribution in [1.82, 2.24) is 0 Å². The topological polar surface area (TPSA) is 16.4 Å². The standard InChI is InChI=1S/C53H37NO/c1-53(2)49-16-7-5-14-45(49)47-33-44(26-27-50(47)53)54(43-13-9-12-37(30-43)39-19-18-34-10-3-4-11-36(34)28-39)42-24-22-35(23-25-42)38-20-21-40-32-52-48(31-41(40)29-38)46-15-6-8-17-51(46)55-52/h3-33H,1-2H3. The molecule has 0 atom stereocenters. The fraction of sp³-hybridized carbons (Fsp3) is 0.0566. The molecule has 2 heteroatoms. The summed E-state index contributed by atoms with van der Waals surface area (Å²) in [6.07, 6.45) is 0. The van der Waals surface area contributed by atoms with E-state index in [4.69, 9.17) is 4.42 Å². The van der Waals surface area contributed by atoms with Gasteiger partial charge in [-0.15, -0.1) is 0 Å². The average molecular weight is 704 g/mol. The molecule has 0 bridgehead atoms. The van der Waals surface area contributed by atoms with Gasteiger partial charge in [-0.2, -0.15) is 0 Å². The third kappa shape index (κ3) is 5.10. The van der Waals surface area contributed by atoms with Crippen LogP contribution in [0, 0.1) is 0 Å². The maximum atomic E-state index is 6.18. The smallest absolute Gasteiger partial charge is 0.136 e. The van der Waals surface area contributed by atoms with E-state index in [9.17, 15) is 0 Å². The highest BCUT2D eigenvalue weighted by Gasteiger charge is 2.35. The van der Waals surface area contributed by atoms with Crippen molar-refractivity contribution in [3.63, 3.8) is 0 Å². The van der Waals surface area contributed by atoms with E-state index in [2.05, 4.69) is 195 Å². The van der Waals surface area contributed by atoms with Crippen LogP contribution < -0.4 is 4.90 Å². The molecule has 0 fully saturated rings. The zero-order valence-corrected chi connectivity index (χ0v) is 30.8. The first-order valence-corrected chi connectivity index (χ1v) is 19.1. The summed E-state index contributed by atoms with van der Waals surface area (Å²) >= 11 is 0. The van der Waals surface area contributed by atoms with Gasteiger partial charge in [0.2, 0.25) is 0 Å². The van der Waals surface area contributed by atoms with E-state index in [-0.39, 0.29) is 5.41 Å². The fourth-order valence-electron chi connectivity index (χ4n) is 8.94. The van der Waals surface area contributed by atoms with E-state index in [1.165, 1.54) is 66.1 Å². The van der Waals surface area contributed by atoms with Gasteiger partial charge in [-0.3, -0.25) is 0 Å². The van der Waals surface area contributed by atoms with Crippen LogP contribution in [0.1, 0.15) is 25.0 Å². The molecule has 0 saturated heterocycles. The van der Waals surface area contributed by atoms with Crippen molar-refractivity contribution in [3.8, 4) is 33.4 Å². The predicted octanol–water partition coefficient (Wildman–Crippen LogP) is 15.0. The minimum Gasteiger partial charge on any atom is -0.456 e. The van der Waals surface area contributed by atoms with Gasteiger partial charge in [-0.1, -0.05) is 135 Å². The number of nitrogens with zero attached hydrogens (tertiary/aromatic N) is 1. The first kappa shape index (κ1) is 31.6. The molecule has 1 aromatic heterocycles. The van der Waals surface area contributed by atoms with Crippen molar-refractivity contribution in [2.45, 2.75) is 19.3 Å². The third-order valence-corrected chi connectivity index (χ3v) is 11.8. The van der Waals surface area contributed by atoms with Crippen LogP contribution in [0.15, 0.2) is 192 Å². The van der Waals surface area contributed by atoms with Crippen LogP contribution >= 0.6 is 0 Å². The second-order valence-electron chi connectivity index (χ2n) is 15.4. The summed E-state index contributed by atoms with van der Waals surface area (Å²) in [4.78, 5) is 2.41. The Morgan fingerprint density at radius 1 is 0.364 bits per heavy atom. The van der Waals surface area contributed by atoms with Gasteiger partial charge < -0.3 is 9.32 Å². The van der Waals surface area contributed by atoms with Crippen LogP contribution in [0.4, 0.5) is 17.1 Å². The van der Waals surface area contributed by atoms with Crippen molar-refractivity contribution >= 4 is 60.5 Å². The summed E-state index contributed by atoms with van der Waals surface area (Å²) in [6.45, 7) is 4.68. The summed E-state index contributed by atoms with van der Waals surface area (Å²) in [6, 6.07) is 68.7. The van der Waals surface area contributed by atoms with Gasteiger partial charge in [-0.05, 0) is 133 Å². The molecule has 0 saturated carbocycles. The number of benzene rings is 9. The molecule has 0 radical (unpaired) electrons. The molecule has 10 aromatic rings. The number of anilines is 3. The van der Waals surface area contributed by atoms with Crippen molar-refractivity contribution in [2.24, 2.45) is 0 Å². The molecule has 55 heavy (non-hydrogen) atoms. The Morgan fingerprint density at radius 2 is 1.00 bits per heavy atom. The molecular weight excluding hydrogens is 667 g/mol. The van der Waals surface area contributed by atoms with E-state index < -0.39 is 0 Å². The van der Waals surface area contributed by atoms with Crippen LogP contribution in [-0.2, 0) is 5.41 Å². The maximum absolute atomic E-state index is 6.18. The number of hydrogen-bond donors (Lipinski definition) is 0. The number of furan rings is 1. The van der Waals surface area contributed by atoms with Gasteiger partial charge in [0.25, 0.3) is 0 Å². The maximum Gasteiger partial charge on any atom is 0.136 e. The third-order valence-electron chi connectivity index (χ3n) is 11.8. The number of fused-ring (bicyclic) bond motifs is 8. The molecule has 2 nitrogen and oxygen atoms in total. The van der Waals surface area contributed by atoms with Gasteiger partial charge in [0, 0.05) is 33.2 Å². The summed E-state index contributed by atoms with van der Waals surface area (Å²) < 4.78 is 6.18. The molecule has 0 spiro atoms. The van der Waals surface area contributed by atoms with Crippen molar-refractivity contribution in [2.75, 3.05) is 4.90 Å². The highest BCUT2D eigenvalue weighted by molar-refractivity contribution is 6.10. The molecule has 1 aliphatic rings. The zero-order valence-electron chi connectivity index (χ0n) is 30.8. The second kappa shape index (κ2) is 12.1. The Bertz CT molecular complexity index is 3130. The Balaban J connectivity index is 1.02. The highest BCUT2D eigenvalue weighted by atomic mass is 16.3. The molecule has 1 heterocycles. The monoisotopic (exact) mass is 703 g/mol. The lowest BCUT2D eigenvalue weighted by Crippen LogP contribution is -2.15. The summed E-state index contributed by atoms with van der Waals surface area (Å²) in [5.41, 5.74) is 15.3. The molecule has 260 valence electrons. The lowest BCUT2D eigenvalue weighted by Gasteiger charge is -2.28. The normalized spacial score (nSPS) is 13.1. The average Bonchev–Trinajstić information content (AvgIpc) is 3.70. The van der Waals surface area contributed by atoms with E-state index in [1.54, 1.807) is 0 Å². The van der Waals surface area contributed by atoms with Gasteiger partial charge in [0.05, 0.1) is 0 Å². The Labute approximate surface area is 320 Å². The van der Waals surface area contributed by atoms with E-state index >= 15 is 0 Å². The molecule has 0 unspecified atom stereocenters. The largest absolute Gasteiger partial charge is 0.456 e. The highest BCUT2D eigenvalue weighted by Crippen LogP contribution is 2.51. The van der Waals surface area contributed by atoms with Crippen LogP contribution in [0.3, 0.4) is 0 Å². The van der Waals surface area contributed by atoms with E-state index in [1.807, 2.05) is 12.1 Å². The molecule has 0 N–H and O–H groups in total. The van der Waals surface area contributed by atoms with Crippen LogP contribution in [-0.4, -0.2) is 0 Å².